The van der Waals surface area contributed by atoms with E-state index in [0.29, 0.717) is 43.7 Å². The highest BCUT2D eigenvalue weighted by Crippen LogP contribution is 2.37. The summed E-state index contributed by atoms with van der Waals surface area (Å²) in [6.07, 6.45) is 1.89. The van der Waals surface area contributed by atoms with Gasteiger partial charge in [-0.1, -0.05) is 0 Å². The van der Waals surface area contributed by atoms with Gasteiger partial charge in [0.25, 0.3) is 0 Å². The molecule has 1 unspecified atom stereocenters. The number of likely N-dealkylation sites (tertiary alicyclic amines) is 1. The van der Waals surface area contributed by atoms with Crippen LogP contribution in [-0.4, -0.2) is 57.9 Å². The van der Waals surface area contributed by atoms with Gasteiger partial charge < -0.3 is 18.9 Å². The Labute approximate surface area is 205 Å². The molecule has 6 nitrogen and oxygen atoms in total. The number of carbonyl (C=O) groups is 2. The topological polar surface area (TPSA) is 50.5 Å². The minimum Gasteiger partial charge on any atom is -0.349 e. The average molecular weight is 541 g/mol. The lowest BCUT2D eigenvalue weighted by atomic mass is 9.94. The van der Waals surface area contributed by atoms with Crippen LogP contribution in [0.3, 0.4) is 0 Å². The van der Waals surface area contributed by atoms with Gasteiger partial charge in [-0.3, -0.25) is 9.59 Å². The van der Waals surface area contributed by atoms with E-state index in [9.17, 15) is 18.4 Å². The molecule has 1 atom stereocenters. The number of imidazole rings is 1. The fourth-order valence-corrected chi connectivity index (χ4v) is 5.66. The van der Waals surface area contributed by atoms with Crippen LogP contribution in [0.25, 0.3) is 0 Å². The number of carbonyl (C=O) groups excluding carboxylic acids is 2. The second-order valence-electron chi connectivity index (χ2n) is 9.07. The molecule has 1 fully saturated rings. The van der Waals surface area contributed by atoms with E-state index in [1.54, 1.807) is 23.9 Å². The lowest BCUT2D eigenvalue weighted by molar-refractivity contribution is -0.138. The Morgan fingerprint density at radius 3 is 2.52 bits per heavy atom. The number of hydrogen-bond donors (Lipinski definition) is 0. The molecular formula is C23H27BrF2N4O2S. The van der Waals surface area contributed by atoms with Gasteiger partial charge in [-0.2, -0.15) is 0 Å². The molecule has 0 bridgehead atoms. The van der Waals surface area contributed by atoms with E-state index in [-0.39, 0.29) is 40.1 Å². The van der Waals surface area contributed by atoms with E-state index < -0.39 is 11.6 Å². The van der Waals surface area contributed by atoms with Crippen molar-refractivity contribution in [3.8, 4) is 0 Å². The molecule has 178 valence electrons. The number of piperidine rings is 1. The van der Waals surface area contributed by atoms with Gasteiger partial charge in [0.15, 0.2) is 4.77 Å². The summed E-state index contributed by atoms with van der Waals surface area (Å²) in [5, 5.41) is 0. The summed E-state index contributed by atoms with van der Waals surface area (Å²) in [6.45, 7) is 1.46. The lowest BCUT2D eigenvalue weighted by Gasteiger charge is -2.32. The average Bonchev–Trinajstić information content (AvgIpc) is 3.30. The Balaban J connectivity index is 1.51. The van der Waals surface area contributed by atoms with E-state index in [4.69, 9.17) is 12.2 Å². The molecule has 33 heavy (non-hydrogen) atoms. The van der Waals surface area contributed by atoms with Crippen LogP contribution in [0.4, 0.5) is 8.78 Å². The van der Waals surface area contributed by atoms with Crippen molar-refractivity contribution >= 4 is 40.0 Å². The summed E-state index contributed by atoms with van der Waals surface area (Å²) in [5.41, 5.74) is 1.70. The Kier molecular flexibility index (Phi) is 6.77. The van der Waals surface area contributed by atoms with Crippen molar-refractivity contribution in [2.75, 3.05) is 27.2 Å². The highest BCUT2D eigenvalue weighted by Gasteiger charge is 2.34. The molecule has 0 radical (unpaired) electrons. The smallest absolute Gasteiger partial charge is 0.228 e. The van der Waals surface area contributed by atoms with Gasteiger partial charge in [-0.25, -0.2) is 8.78 Å². The van der Waals surface area contributed by atoms with Crippen molar-refractivity contribution in [1.29, 1.82) is 0 Å². The number of amides is 2. The molecule has 2 aliphatic heterocycles. The maximum absolute atomic E-state index is 14.7. The van der Waals surface area contributed by atoms with Crippen molar-refractivity contribution in [1.82, 2.24) is 18.9 Å². The SMILES string of the molecule is CN(C)C(=O)C1CCN(C(=O)Cc2c3n(c(=S)n2C)CC(c2c(F)ccc(Br)c2F)C3)CC1. The van der Waals surface area contributed by atoms with Crippen LogP contribution in [0.5, 0.6) is 0 Å². The molecule has 2 aromatic rings. The summed E-state index contributed by atoms with van der Waals surface area (Å²) in [5.74, 6) is -1.51. The number of halogens is 3. The zero-order valence-corrected chi connectivity index (χ0v) is 21.3. The minimum atomic E-state index is -0.589. The van der Waals surface area contributed by atoms with Crippen LogP contribution in [0.15, 0.2) is 16.6 Å². The largest absolute Gasteiger partial charge is 0.349 e. The van der Waals surface area contributed by atoms with Gasteiger partial charge >= 0.3 is 0 Å². The molecule has 0 saturated carbocycles. The van der Waals surface area contributed by atoms with E-state index >= 15 is 0 Å². The van der Waals surface area contributed by atoms with Crippen LogP contribution in [0.2, 0.25) is 0 Å². The molecule has 4 rings (SSSR count). The van der Waals surface area contributed by atoms with Crippen LogP contribution in [-0.2, 0) is 36.0 Å². The summed E-state index contributed by atoms with van der Waals surface area (Å²) in [6, 6.07) is 2.63. The predicted octanol–water partition coefficient (Wildman–Crippen LogP) is 3.81. The quantitative estimate of drug-likeness (QED) is 0.437. The Morgan fingerprint density at radius 1 is 1.21 bits per heavy atom. The Morgan fingerprint density at radius 2 is 1.88 bits per heavy atom. The Bertz CT molecular complexity index is 1170. The molecule has 3 heterocycles. The summed E-state index contributed by atoms with van der Waals surface area (Å²) in [7, 11) is 5.33. The van der Waals surface area contributed by atoms with Crippen LogP contribution >= 0.6 is 28.1 Å². The molecule has 0 spiro atoms. The third-order valence-electron chi connectivity index (χ3n) is 6.87. The van der Waals surface area contributed by atoms with Crippen molar-refractivity contribution in [2.24, 2.45) is 13.0 Å². The molecule has 1 aromatic heterocycles. The second kappa shape index (κ2) is 9.29. The van der Waals surface area contributed by atoms with Crippen molar-refractivity contribution in [3.05, 3.63) is 50.0 Å². The summed E-state index contributed by atoms with van der Waals surface area (Å²) >= 11 is 8.72. The number of rotatable bonds is 4. The molecule has 0 N–H and O–H groups in total. The first-order chi connectivity index (χ1) is 15.6. The highest BCUT2D eigenvalue weighted by atomic mass is 79.9. The van der Waals surface area contributed by atoms with E-state index in [2.05, 4.69) is 15.9 Å². The first-order valence-electron chi connectivity index (χ1n) is 11.0. The third kappa shape index (κ3) is 4.39. The van der Waals surface area contributed by atoms with Crippen LogP contribution in [0.1, 0.15) is 35.7 Å². The van der Waals surface area contributed by atoms with Gasteiger partial charge in [-0.05, 0) is 59.5 Å². The van der Waals surface area contributed by atoms with E-state index in [1.807, 2.05) is 16.2 Å². The van der Waals surface area contributed by atoms with E-state index in [1.165, 1.54) is 12.1 Å². The zero-order chi connectivity index (χ0) is 24.0. The molecule has 1 saturated heterocycles. The highest BCUT2D eigenvalue weighted by molar-refractivity contribution is 9.10. The number of fused-ring (bicyclic) bond motifs is 1. The summed E-state index contributed by atoms with van der Waals surface area (Å²) < 4.78 is 33.7. The first kappa shape index (κ1) is 24.1. The van der Waals surface area contributed by atoms with Crippen molar-refractivity contribution in [2.45, 2.75) is 38.1 Å². The fraction of sp³-hybridized carbons (Fsp3) is 0.522. The first-order valence-corrected chi connectivity index (χ1v) is 12.2. The van der Waals surface area contributed by atoms with Gasteiger partial charge in [0, 0.05) is 69.6 Å². The third-order valence-corrected chi connectivity index (χ3v) is 7.98. The molecule has 2 amide bonds. The second-order valence-corrected chi connectivity index (χ2v) is 10.3. The van der Waals surface area contributed by atoms with Crippen LogP contribution in [0, 0.1) is 22.3 Å². The van der Waals surface area contributed by atoms with Gasteiger partial charge in [0.05, 0.1) is 10.9 Å². The van der Waals surface area contributed by atoms with Gasteiger partial charge in [-0.15, -0.1) is 0 Å². The standard InChI is InChI=1S/C23H27BrF2N4O2S/c1-27(2)22(32)13-6-8-29(9-7-13)19(31)11-17-18-10-14(12-30(18)23(33)28(17)3)20-16(25)5-4-15(24)21(20)26/h4-5,13-14H,6-12H2,1-3H3. The Hall–Kier alpha value is -2.07. The zero-order valence-electron chi connectivity index (χ0n) is 18.9. The predicted molar refractivity (Wildman–Crippen MR) is 126 cm³/mol. The molecular weight excluding hydrogens is 514 g/mol. The number of nitrogens with zero attached hydrogens (tertiary/aromatic N) is 4. The fourth-order valence-electron chi connectivity index (χ4n) is 5.02. The number of hydrogen-bond acceptors (Lipinski definition) is 3. The number of benzene rings is 1. The van der Waals surface area contributed by atoms with Gasteiger partial charge in [0.2, 0.25) is 11.8 Å². The van der Waals surface area contributed by atoms with E-state index in [0.717, 1.165) is 11.4 Å². The molecule has 2 aliphatic rings. The number of aromatic nitrogens is 2. The normalized spacial score (nSPS) is 18.5. The maximum Gasteiger partial charge on any atom is 0.228 e. The van der Waals surface area contributed by atoms with Gasteiger partial charge in [0.1, 0.15) is 11.6 Å². The van der Waals surface area contributed by atoms with Crippen molar-refractivity contribution < 1.29 is 18.4 Å². The molecule has 10 heteroatoms. The monoisotopic (exact) mass is 540 g/mol. The lowest BCUT2D eigenvalue weighted by Crippen LogP contribution is -2.43. The van der Waals surface area contributed by atoms with Crippen molar-refractivity contribution in [3.63, 3.8) is 0 Å². The van der Waals surface area contributed by atoms with Crippen LogP contribution < -0.4 is 0 Å². The summed E-state index contributed by atoms with van der Waals surface area (Å²) in [4.78, 5) is 28.7. The minimum absolute atomic E-state index is 0.0204. The molecule has 0 aliphatic carbocycles. The maximum atomic E-state index is 14.7. The molecule has 1 aromatic carbocycles.